The first-order chi connectivity index (χ1) is 11.6. The number of hydrogen-bond donors (Lipinski definition) is 1. The maximum absolute atomic E-state index is 12.0. The van der Waals surface area contributed by atoms with E-state index in [2.05, 4.69) is 19.2 Å². The lowest BCUT2D eigenvalue weighted by molar-refractivity contribution is 0.0957. The molecule has 0 aromatic heterocycles. The molecule has 0 saturated heterocycles. The lowest BCUT2D eigenvalue weighted by Gasteiger charge is -2.09. The quantitative estimate of drug-likeness (QED) is 0.485. The molecule has 0 fully saturated rings. The molecular formula is C19H20ClNOS2. The molecule has 0 radical (unpaired) electrons. The van der Waals surface area contributed by atoms with Crippen LogP contribution in [0.2, 0.25) is 5.02 Å². The third-order valence-corrected chi connectivity index (χ3v) is 6.19. The van der Waals surface area contributed by atoms with E-state index in [0.29, 0.717) is 12.1 Å². The van der Waals surface area contributed by atoms with E-state index in [-0.39, 0.29) is 5.91 Å². The number of halogens is 1. The molecule has 1 amide bonds. The molecule has 0 aliphatic heterocycles. The van der Waals surface area contributed by atoms with Crippen molar-refractivity contribution < 1.29 is 4.79 Å². The van der Waals surface area contributed by atoms with Crippen molar-refractivity contribution in [1.29, 1.82) is 0 Å². The topological polar surface area (TPSA) is 29.1 Å². The molecule has 0 atom stereocenters. The van der Waals surface area contributed by atoms with Gasteiger partial charge in [-0.1, -0.05) is 62.5 Å². The Balaban J connectivity index is 1.78. The van der Waals surface area contributed by atoms with Gasteiger partial charge in [0.1, 0.15) is 0 Å². The van der Waals surface area contributed by atoms with Crippen molar-refractivity contribution in [3.8, 4) is 0 Å². The number of benzene rings is 2. The second-order valence-corrected chi connectivity index (χ2v) is 8.21. The standard InChI is InChI=1S/C19H20ClNOS2/c1-14(12-21-19(22)16-6-4-3-5-7-16)15(2)13-23-24-18-10-8-17(20)9-11-18/h3-11H,12-13H2,1-2H3,(H,21,22). The normalized spacial score (nSPS) is 11.8. The van der Waals surface area contributed by atoms with E-state index in [1.165, 1.54) is 16.0 Å². The van der Waals surface area contributed by atoms with Gasteiger partial charge in [-0.05, 0) is 50.2 Å². The van der Waals surface area contributed by atoms with E-state index in [4.69, 9.17) is 11.6 Å². The van der Waals surface area contributed by atoms with Gasteiger partial charge in [-0.25, -0.2) is 0 Å². The molecule has 0 heterocycles. The van der Waals surface area contributed by atoms with Crippen molar-refractivity contribution in [3.63, 3.8) is 0 Å². The molecule has 2 rings (SSSR count). The fourth-order valence-corrected chi connectivity index (χ4v) is 4.29. The van der Waals surface area contributed by atoms with Crippen LogP contribution in [0.1, 0.15) is 24.2 Å². The van der Waals surface area contributed by atoms with Gasteiger partial charge in [0.05, 0.1) is 0 Å². The Morgan fingerprint density at radius 2 is 1.67 bits per heavy atom. The molecule has 0 unspecified atom stereocenters. The Hall–Kier alpha value is -1.36. The van der Waals surface area contributed by atoms with Gasteiger partial charge in [0.15, 0.2) is 0 Å². The summed E-state index contributed by atoms with van der Waals surface area (Å²) in [5, 5.41) is 3.72. The number of rotatable bonds is 7. The van der Waals surface area contributed by atoms with Crippen LogP contribution in [0.4, 0.5) is 0 Å². The van der Waals surface area contributed by atoms with Crippen molar-refractivity contribution in [2.45, 2.75) is 18.7 Å². The first kappa shape index (κ1) is 19.0. The fraction of sp³-hybridized carbons (Fsp3) is 0.211. The first-order valence-electron chi connectivity index (χ1n) is 7.60. The van der Waals surface area contributed by atoms with Crippen molar-refractivity contribution in [1.82, 2.24) is 5.32 Å². The van der Waals surface area contributed by atoms with Crippen LogP contribution < -0.4 is 5.32 Å². The zero-order valence-corrected chi connectivity index (χ0v) is 16.1. The molecule has 2 aromatic rings. The minimum atomic E-state index is -0.0362. The Morgan fingerprint density at radius 1 is 1.00 bits per heavy atom. The van der Waals surface area contributed by atoms with E-state index >= 15 is 0 Å². The minimum absolute atomic E-state index is 0.0362. The van der Waals surface area contributed by atoms with Crippen LogP contribution in [0.5, 0.6) is 0 Å². The van der Waals surface area contributed by atoms with Crippen LogP contribution in [-0.4, -0.2) is 18.2 Å². The Kier molecular flexibility index (Phi) is 7.76. The summed E-state index contributed by atoms with van der Waals surface area (Å²) in [6.07, 6.45) is 0. The van der Waals surface area contributed by atoms with Crippen LogP contribution in [-0.2, 0) is 0 Å². The molecule has 0 saturated carbocycles. The molecule has 0 aliphatic carbocycles. The number of carbonyl (C=O) groups excluding carboxylic acids is 1. The van der Waals surface area contributed by atoms with Gasteiger partial charge < -0.3 is 5.32 Å². The molecule has 1 N–H and O–H groups in total. The van der Waals surface area contributed by atoms with Crippen molar-refractivity contribution in [2.24, 2.45) is 0 Å². The van der Waals surface area contributed by atoms with Crippen molar-refractivity contribution in [2.75, 3.05) is 12.3 Å². The van der Waals surface area contributed by atoms with Crippen LogP contribution in [0.3, 0.4) is 0 Å². The smallest absolute Gasteiger partial charge is 0.251 e. The molecular weight excluding hydrogens is 358 g/mol. The lowest BCUT2D eigenvalue weighted by atomic mass is 10.1. The van der Waals surface area contributed by atoms with Gasteiger partial charge in [-0.3, -0.25) is 4.79 Å². The van der Waals surface area contributed by atoms with Crippen molar-refractivity contribution >= 4 is 39.1 Å². The van der Waals surface area contributed by atoms with Crippen LogP contribution >= 0.6 is 33.2 Å². The van der Waals surface area contributed by atoms with Gasteiger partial charge in [-0.2, -0.15) is 0 Å². The van der Waals surface area contributed by atoms with Crippen molar-refractivity contribution in [3.05, 3.63) is 76.3 Å². The SMILES string of the molecule is CC(CNC(=O)c1ccccc1)=C(C)CSSc1ccc(Cl)cc1. The fourth-order valence-electron chi connectivity index (χ4n) is 1.85. The highest BCUT2D eigenvalue weighted by Crippen LogP contribution is 2.33. The van der Waals surface area contributed by atoms with E-state index in [1.54, 1.807) is 21.6 Å². The third-order valence-electron chi connectivity index (χ3n) is 3.52. The first-order valence-corrected chi connectivity index (χ1v) is 10.3. The summed E-state index contributed by atoms with van der Waals surface area (Å²) in [6, 6.07) is 17.1. The maximum atomic E-state index is 12.0. The maximum Gasteiger partial charge on any atom is 0.251 e. The Labute approximate surface area is 156 Å². The Bertz CT molecular complexity index is 699. The van der Waals surface area contributed by atoms with Gasteiger partial charge in [0.25, 0.3) is 5.91 Å². The second kappa shape index (κ2) is 9.82. The highest BCUT2D eigenvalue weighted by Gasteiger charge is 2.05. The third kappa shape index (κ3) is 6.27. The zero-order chi connectivity index (χ0) is 17.4. The summed E-state index contributed by atoms with van der Waals surface area (Å²) < 4.78 is 0. The predicted molar refractivity (Wildman–Crippen MR) is 107 cm³/mol. The molecule has 2 aromatic carbocycles. The highest BCUT2D eigenvalue weighted by molar-refractivity contribution is 8.76. The van der Waals surface area contributed by atoms with Gasteiger partial charge in [-0.15, -0.1) is 0 Å². The van der Waals surface area contributed by atoms with Crippen LogP contribution in [0, 0.1) is 0 Å². The van der Waals surface area contributed by atoms with E-state index < -0.39 is 0 Å². The molecule has 126 valence electrons. The molecule has 2 nitrogen and oxygen atoms in total. The monoisotopic (exact) mass is 377 g/mol. The molecule has 5 heteroatoms. The average molecular weight is 378 g/mol. The Morgan fingerprint density at radius 3 is 2.33 bits per heavy atom. The number of carbonyl (C=O) groups is 1. The molecule has 0 spiro atoms. The summed E-state index contributed by atoms with van der Waals surface area (Å²) in [7, 11) is 3.51. The molecule has 0 aliphatic rings. The summed E-state index contributed by atoms with van der Waals surface area (Å²) in [4.78, 5) is 13.2. The van der Waals surface area contributed by atoms with E-state index in [0.717, 1.165) is 10.8 Å². The largest absolute Gasteiger partial charge is 0.348 e. The van der Waals surface area contributed by atoms with E-state index in [9.17, 15) is 4.79 Å². The van der Waals surface area contributed by atoms with Crippen LogP contribution in [0.25, 0.3) is 0 Å². The summed E-state index contributed by atoms with van der Waals surface area (Å²) in [5.74, 6) is 0.881. The van der Waals surface area contributed by atoms with Gasteiger partial charge in [0, 0.05) is 27.8 Å². The summed E-state index contributed by atoms with van der Waals surface area (Å²) in [5.41, 5.74) is 3.17. The molecule has 0 bridgehead atoms. The zero-order valence-electron chi connectivity index (χ0n) is 13.7. The lowest BCUT2D eigenvalue weighted by Crippen LogP contribution is -2.25. The van der Waals surface area contributed by atoms with Crippen LogP contribution in [0.15, 0.2) is 70.6 Å². The van der Waals surface area contributed by atoms with Gasteiger partial charge in [0.2, 0.25) is 0 Å². The summed E-state index contributed by atoms with van der Waals surface area (Å²) in [6.45, 7) is 4.75. The van der Waals surface area contributed by atoms with Gasteiger partial charge >= 0.3 is 0 Å². The van der Waals surface area contributed by atoms with E-state index in [1.807, 2.05) is 54.6 Å². The number of amides is 1. The highest BCUT2D eigenvalue weighted by atomic mass is 35.5. The average Bonchev–Trinajstić information content (AvgIpc) is 2.61. The second-order valence-electron chi connectivity index (χ2n) is 5.41. The number of nitrogens with one attached hydrogen (secondary N) is 1. The predicted octanol–water partition coefficient (Wildman–Crippen LogP) is 5.85. The minimum Gasteiger partial charge on any atom is -0.348 e. The molecule has 24 heavy (non-hydrogen) atoms. The summed E-state index contributed by atoms with van der Waals surface area (Å²) >= 11 is 5.88. The number of hydrogen-bond acceptors (Lipinski definition) is 3.